The third-order valence-corrected chi connectivity index (χ3v) is 4.83. The van der Waals surface area contributed by atoms with E-state index in [0.717, 1.165) is 23.8 Å². The average Bonchev–Trinajstić information content (AvgIpc) is 3.01. The first-order valence-corrected chi connectivity index (χ1v) is 7.48. The Labute approximate surface area is 119 Å². The van der Waals surface area contributed by atoms with Crippen molar-refractivity contribution in [3.05, 3.63) is 35.9 Å². The predicted molar refractivity (Wildman–Crippen MR) is 75.7 cm³/mol. The van der Waals surface area contributed by atoms with E-state index in [-0.39, 0.29) is 5.78 Å². The maximum absolute atomic E-state index is 11.4. The number of nitrogens with zero attached hydrogens (tertiary/aromatic N) is 2. The van der Waals surface area contributed by atoms with Gasteiger partial charge in [-0.05, 0) is 44.4 Å². The summed E-state index contributed by atoms with van der Waals surface area (Å²) in [5.74, 6) is 1.77. The van der Waals surface area contributed by atoms with E-state index >= 15 is 0 Å². The number of piperidine rings is 1. The van der Waals surface area contributed by atoms with E-state index in [0.29, 0.717) is 6.04 Å². The summed E-state index contributed by atoms with van der Waals surface area (Å²) in [6.07, 6.45) is 10.4. The van der Waals surface area contributed by atoms with Crippen LogP contribution in [0.3, 0.4) is 0 Å². The van der Waals surface area contributed by atoms with Gasteiger partial charge in [0.15, 0.2) is 11.9 Å². The third kappa shape index (κ3) is 1.99. The molecule has 4 atom stereocenters. The van der Waals surface area contributed by atoms with Gasteiger partial charge in [0.1, 0.15) is 5.76 Å². The average molecular weight is 272 g/mol. The first-order valence-electron chi connectivity index (χ1n) is 7.48. The van der Waals surface area contributed by atoms with Crippen LogP contribution in [0.4, 0.5) is 0 Å². The van der Waals surface area contributed by atoms with Gasteiger partial charge in [0.05, 0.1) is 0 Å². The quantitative estimate of drug-likeness (QED) is 0.765. The molecule has 106 valence electrons. The van der Waals surface area contributed by atoms with E-state index in [1.54, 1.807) is 6.92 Å². The Hall–Kier alpha value is -1.55. The minimum atomic E-state index is -0.396. The number of carbonyl (C=O) groups is 1. The van der Waals surface area contributed by atoms with Crippen molar-refractivity contribution in [2.75, 3.05) is 19.6 Å². The van der Waals surface area contributed by atoms with Gasteiger partial charge >= 0.3 is 0 Å². The molecule has 0 aromatic carbocycles. The Morgan fingerprint density at radius 2 is 2.30 bits per heavy atom. The van der Waals surface area contributed by atoms with Crippen LogP contribution in [0.1, 0.15) is 19.8 Å². The second-order valence-corrected chi connectivity index (χ2v) is 6.33. The summed E-state index contributed by atoms with van der Waals surface area (Å²) < 4.78 is 5.73. The Bertz CT molecular complexity index is 523. The molecule has 0 N–H and O–H groups in total. The maximum Gasteiger partial charge on any atom is 0.176 e. The second-order valence-electron chi connectivity index (χ2n) is 6.33. The molecule has 4 heterocycles. The number of rotatable bonds is 2. The summed E-state index contributed by atoms with van der Waals surface area (Å²) in [7, 11) is 0. The van der Waals surface area contributed by atoms with Gasteiger partial charge < -0.3 is 14.5 Å². The molecule has 2 unspecified atom stereocenters. The minimum absolute atomic E-state index is 0.0644. The van der Waals surface area contributed by atoms with Gasteiger partial charge in [-0.15, -0.1) is 0 Å². The highest BCUT2D eigenvalue weighted by Crippen LogP contribution is 2.34. The highest BCUT2D eigenvalue weighted by atomic mass is 16.5. The van der Waals surface area contributed by atoms with Gasteiger partial charge in [-0.2, -0.15) is 0 Å². The number of fused-ring (bicyclic) bond motifs is 3. The minimum Gasteiger partial charge on any atom is -0.476 e. The van der Waals surface area contributed by atoms with Gasteiger partial charge in [0, 0.05) is 37.1 Å². The van der Waals surface area contributed by atoms with E-state index in [4.69, 9.17) is 4.74 Å². The molecule has 4 aliphatic heterocycles. The van der Waals surface area contributed by atoms with Gasteiger partial charge in [-0.3, -0.25) is 4.79 Å². The Kier molecular flexibility index (Phi) is 2.74. The monoisotopic (exact) mass is 272 g/mol. The molecular weight excluding hydrogens is 252 g/mol. The SMILES string of the molecule is CC(=O)C1C=C2C=CN([C@@H]3C[C@H]4CCN(C4)C3)C=C2O1. The third-order valence-electron chi connectivity index (χ3n) is 4.83. The normalized spacial score (nSPS) is 38.1. The molecule has 2 fully saturated rings. The summed E-state index contributed by atoms with van der Waals surface area (Å²) in [5, 5.41) is 0. The van der Waals surface area contributed by atoms with E-state index in [1.807, 2.05) is 6.08 Å². The number of ether oxygens (including phenoxy) is 1. The fourth-order valence-corrected chi connectivity index (χ4v) is 3.74. The molecule has 20 heavy (non-hydrogen) atoms. The Balaban J connectivity index is 1.51. The maximum atomic E-state index is 11.4. The smallest absolute Gasteiger partial charge is 0.176 e. The summed E-state index contributed by atoms with van der Waals surface area (Å²) in [4.78, 5) is 16.3. The van der Waals surface area contributed by atoms with Crippen molar-refractivity contribution in [3.8, 4) is 0 Å². The molecule has 0 amide bonds. The fraction of sp³-hybridized carbons (Fsp3) is 0.562. The molecule has 0 spiro atoms. The largest absolute Gasteiger partial charge is 0.476 e. The van der Waals surface area contributed by atoms with E-state index < -0.39 is 6.10 Å². The number of allylic oxidation sites excluding steroid dienone is 1. The molecule has 0 saturated carbocycles. The van der Waals surface area contributed by atoms with Crippen LogP contribution in [0, 0.1) is 5.92 Å². The molecule has 2 saturated heterocycles. The van der Waals surface area contributed by atoms with Crippen molar-refractivity contribution in [1.29, 1.82) is 0 Å². The lowest BCUT2D eigenvalue weighted by Gasteiger charge is -2.37. The van der Waals surface area contributed by atoms with Crippen molar-refractivity contribution in [3.63, 3.8) is 0 Å². The fourth-order valence-electron chi connectivity index (χ4n) is 3.74. The highest BCUT2D eigenvalue weighted by molar-refractivity contribution is 5.84. The van der Waals surface area contributed by atoms with Gasteiger partial charge in [0.2, 0.25) is 0 Å². The van der Waals surface area contributed by atoms with Crippen LogP contribution < -0.4 is 0 Å². The highest BCUT2D eigenvalue weighted by Gasteiger charge is 2.35. The van der Waals surface area contributed by atoms with Crippen LogP contribution in [0.15, 0.2) is 35.9 Å². The molecule has 0 radical (unpaired) electrons. The number of hydrogen-bond donors (Lipinski definition) is 0. The van der Waals surface area contributed by atoms with E-state index in [1.165, 1.54) is 25.9 Å². The predicted octanol–water partition coefficient (Wildman–Crippen LogP) is 1.67. The summed E-state index contributed by atoms with van der Waals surface area (Å²) in [6, 6.07) is 0.543. The number of hydrogen-bond acceptors (Lipinski definition) is 4. The first kappa shape index (κ1) is 12.2. The van der Waals surface area contributed by atoms with Crippen LogP contribution in [0.5, 0.6) is 0 Å². The van der Waals surface area contributed by atoms with Gasteiger partial charge in [0.25, 0.3) is 0 Å². The van der Waals surface area contributed by atoms with Crippen molar-refractivity contribution in [2.24, 2.45) is 5.92 Å². The number of Topliss-reactive ketones (excluding diaryl/α,β-unsaturated/α-hetero) is 1. The molecule has 0 aromatic heterocycles. The van der Waals surface area contributed by atoms with Crippen molar-refractivity contribution < 1.29 is 9.53 Å². The topological polar surface area (TPSA) is 32.8 Å². The second kappa shape index (κ2) is 4.48. The lowest BCUT2D eigenvalue weighted by Crippen LogP contribution is -2.43. The van der Waals surface area contributed by atoms with Crippen molar-refractivity contribution in [2.45, 2.75) is 31.9 Å². The molecule has 2 bridgehead atoms. The standard InChI is InChI=1S/C16H20N2O2/c1-11(19)15-7-13-3-5-18(10-16(13)20-15)14-6-12-2-4-17(8-12)9-14/h3,5,7,10,12,14-15H,2,4,6,8-9H2,1H3/t12-,14-,15?/m1/s1. The zero-order valence-corrected chi connectivity index (χ0v) is 11.8. The first-order chi connectivity index (χ1) is 9.69. The van der Waals surface area contributed by atoms with E-state index in [2.05, 4.69) is 28.3 Å². The van der Waals surface area contributed by atoms with Crippen LogP contribution in [-0.4, -0.2) is 47.4 Å². The number of ketones is 1. The molecule has 4 heteroatoms. The van der Waals surface area contributed by atoms with Crippen LogP contribution in [-0.2, 0) is 9.53 Å². The summed E-state index contributed by atoms with van der Waals surface area (Å²) in [6.45, 7) is 5.25. The van der Waals surface area contributed by atoms with Crippen LogP contribution in [0.25, 0.3) is 0 Å². The van der Waals surface area contributed by atoms with E-state index in [9.17, 15) is 4.79 Å². The molecule has 0 aliphatic carbocycles. The molecule has 4 rings (SSSR count). The Morgan fingerprint density at radius 3 is 3.10 bits per heavy atom. The summed E-state index contributed by atoms with van der Waals surface area (Å²) in [5.41, 5.74) is 1.04. The van der Waals surface area contributed by atoms with Crippen LogP contribution >= 0.6 is 0 Å². The lowest BCUT2D eigenvalue weighted by molar-refractivity contribution is -0.123. The molecular formula is C16H20N2O2. The van der Waals surface area contributed by atoms with Crippen molar-refractivity contribution >= 4 is 5.78 Å². The van der Waals surface area contributed by atoms with Gasteiger partial charge in [-0.1, -0.05) is 0 Å². The molecule has 0 aromatic rings. The zero-order chi connectivity index (χ0) is 13.7. The van der Waals surface area contributed by atoms with Crippen molar-refractivity contribution in [1.82, 2.24) is 9.80 Å². The molecule has 4 nitrogen and oxygen atoms in total. The Morgan fingerprint density at radius 1 is 1.40 bits per heavy atom. The zero-order valence-electron chi connectivity index (χ0n) is 11.8. The lowest BCUT2D eigenvalue weighted by atomic mass is 9.95. The number of carbonyl (C=O) groups excluding carboxylic acids is 1. The van der Waals surface area contributed by atoms with Crippen LogP contribution in [0.2, 0.25) is 0 Å². The molecule has 4 aliphatic rings. The van der Waals surface area contributed by atoms with Gasteiger partial charge in [-0.25, -0.2) is 0 Å². The summed E-state index contributed by atoms with van der Waals surface area (Å²) >= 11 is 0.